The number of unbranched alkanes of at least 4 members (excludes halogenated alkanes) is 3. The molecule has 0 N–H and O–H groups in total. The van der Waals surface area contributed by atoms with Crippen molar-refractivity contribution in [1.82, 2.24) is 0 Å². The first-order valence-electron chi connectivity index (χ1n) is 18.5. The molecular weight excluding hydrogens is 628 g/mol. The van der Waals surface area contributed by atoms with Crippen LogP contribution in [0.5, 0.6) is 0 Å². The number of esters is 1. The first kappa shape index (κ1) is 39.5. The third-order valence-electron chi connectivity index (χ3n) is 9.23. The lowest BCUT2D eigenvalue weighted by Gasteiger charge is -2.45. The van der Waals surface area contributed by atoms with Crippen molar-refractivity contribution in [2.24, 2.45) is 0 Å². The summed E-state index contributed by atoms with van der Waals surface area (Å²) < 4.78 is 37.3. The number of aryl methyl sites for hydroxylation is 2. The van der Waals surface area contributed by atoms with Crippen molar-refractivity contribution in [2.45, 2.75) is 109 Å². The molecule has 0 bridgehead atoms. The molecule has 1 heterocycles. The number of methoxy groups -OCH3 is 1. The second-order valence-electron chi connectivity index (χ2n) is 13.1. The Hall–Kier alpha value is -3.33. The van der Waals surface area contributed by atoms with Crippen LogP contribution in [0.25, 0.3) is 0 Å². The molecule has 4 rings (SSSR count). The van der Waals surface area contributed by atoms with Crippen LogP contribution in [0.1, 0.15) is 91.9 Å². The summed E-state index contributed by atoms with van der Waals surface area (Å²) in [5.41, 5.74) is 6.93. The zero-order chi connectivity index (χ0) is 35.6. The van der Waals surface area contributed by atoms with Gasteiger partial charge in [-0.3, -0.25) is 0 Å². The molecule has 272 valence electrons. The maximum atomic E-state index is 13.3. The molecule has 7 nitrogen and oxygen atoms in total. The van der Waals surface area contributed by atoms with Crippen molar-refractivity contribution in [3.8, 4) is 0 Å². The van der Waals surface area contributed by atoms with Gasteiger partial charge in [0.1, 0.15) is 24.4 Å². The van der Waals surface area contributed by atoms with Crippen LogP contribution in [-0.4, -0.2) is 63.9 Å². The predicted octanol–water partition coefficient (Wildman–Crippen LogP) is 8.68. The number of hydrogen-bond acceptors (Lipinski definition) is 7. The molecule has 0 aliphatic carbocycles. The van der Waals surface area contributed by atoms with E-state index < -0.39 is 36.5 Å². The Bertz CT molecular complexity index is 1410. The molecule has 1 fully saturated rings. The highest BCUT2D eigenvalue weighted by molar-refractivity contribution is 5.75. The van der Waals surface area contributed by atoms with E-state index >= 15 is 0 Å². The van der Waals surface area contributed by atoms with Crippen LogP contribution in [0.2, 0.25) is 0 Å². The minimum absolute atomic E-state index is 0.372. The summed E-state index contributed by atoms with van der Waals surface area (Å²) in [5, 5.41) is 0. The molecule has 3 aromatic rings. The van der Waals surface area contributed by atoms with Crippen molar-refractivity contribution in [1.29, 1.82) is 0 Å². The van der Waals surface area contributed by atoms with Gasteiger partial charge >= 0.3 is 5.97 Å². The highest BCUT2D eigenvalue weighted by atomic mass is 16.6. The highest BCUT2D eigenvalue weighted by Crippen LogP contribution is 2.39. The SMILES string of the molecule is C=CCOCCCCc1ccc(Cc2cc([C@@H]3O[C@H](C(=O)OC)[C@@H](OCCCC)[C@H](OCCCC)[C@H]3OCc3ccccc3)ccc2C)cc1. The van der Waals surface area contributed by atoms with Crippen LogP contribution >= 0.6 is 0 Å². The Kier molecular flexibility index (Phi) is 17.2. The second kappa shape index (κ2) is 21.8. The van der Waals surface area contributed by atoms with E-state index in [1.165, 1.54) is 29.4 Å². The van der Waals surface area contributed by atoms with Gasteiger partial charge in [0.15, 0.2) is 6.10 Å². The fourth-order valence-corrected chi connectivity index (χ4v) is 6.27. The maximum absolute atomic E-state index is 13.3. The average molecular weight is 687 g/mol. The molecule has 1 aliphatic heterocycles. The molecule has 7 heteroatoms. The summed E-state index contributed by atoms with van der Waals surface area (Å²) in [7, 11) is 1.39. The molecule has 0 spiro atoms. The van der Waals surface area contributed by atoms with Crippen molar-refractivity contribution in [2.75, 3.05) is 33.5 Å². The van der Waals surface area contributed by atoms with Crippen molar-refractivity contribution in [3.05, 3.63) is 119 Å². The van der Waals surface area contributed by atoms with Gasteiger partial charge in [0.2, 0.25) is 0 Å². The van der Waals surface area contributed by atoms with E-state index in [-0.39, 0.29) is 0 Å². The van der Waals surface area contributed by atoms with Gasteiger partial charge < -0.3 is 28.4 Å². The lowest BCUT2D eigenvalue weighted by Crippen LogP contribution is -2.59. The molecule has 0 aromatic heterocycles. The second-order valence-corrected chi connectivity index (χ2v) is 13.1. The number of rotatable bonds is 22. The Balaban J connectivity index is 1.61. The average Bonchev–Trinajstić information content (AvgIpc) is 3.14. The molecule has 1 aliphatic rings. The van der Waals surface area contributed by atoms with E-state index in [1.807, 2.05) is 30.3 Å². The molecular formula is C43H58O7. The molecule has 5 atom stereocenters. The minimum Gasteiger partial charge on any atom is -0.467 e. The quantitative estimate of drug-likeness (QED) is 0.0595. The molecule has 0 saturated carbocycles. The van der Waals surface area contributed by atoms with Gasteiger partial charge in [-0.25, -0.2) is 4.79 Å². The van der Waals surface area contributed by atoms with Crippen LogP contribution in [0.3, 0.4) is 0 Å². The van der Waals surface area contributed by atoms with E-state index in [9.17, 15) is 4.79 Å². The van der Waals surface area contributed by atoms with Gasteiger partial charge in [-0.05, 0) is 78.8 Å². The summed E-state index contributed by atoms with van der Waals surface area (Å²) in [6.07, 6.45) is 6.11. The van der Waals surface area contributed by atoms with Gasteiger partial charge in [0, 0.05) is 19.8 Å². The summed E-state index contributed by atoms with van der Waals surface area (Å²) in [4.78, 5) is 13.3. The normalized spacial score (nSPS) is 20.4. The summed E-state index contributed by atoms with van der Waals surface area (Å²) in [6.45, 7) is 12.8. The molecule has 0 unspecified atom stereocenters. The lowest BCUT2D eigenvalue weighted by molar-refractivity contribution is -0.263. The predicted molar refractivity (Wildman–Crippen MR) is 198 cm³/mol. The van der Waals surface area contributed by atoms with Crippen LogP contribution in [0.15, 0.2) is 85.5 Å². The van der Waals surface area contributed by atoms with E-state index in [4.69, 9.17) is 28.4 Å². The maximum Gasteiger partial charge on any atom is 0.337 e. The van der Waals surface area contributed by atoms with Gasteiger partial charge in [0.25, 0.3) is 0 Å². The van der Waals surface area contributed by atoms with E-state index in [0.29, 0.717) is 26.4 Å². The van der Waals surface area contributed by atoms with Gasteiger partial charge in [-0.1, -0.05) is 106 Å². The number of carbonyl (C=O) groups excluding carboxylic acids is 1. The third kappa shape index (κ3) is 11.9. The van der Waals surface area contributed by atoms with Crippen molar-refractivity contribution >= 4 is 5.97 Å². The first-order chi connectivity index (χ1) is 24.5. The molecule has 50 heavy (non-hydrogen) atoms. The first-order valence-corrected chi connectivity index (χ1v) is 18.5. The van der Waals surface area contributed by atoms with Crippen LogP contribution < -0.4 is 0 Å². The summed E-state index contributed by atoms with van der Waals surface area (Å²) in [6, 6.07) is 25.4. The van der Waals surface area contributed by atoms with Crippen molar-refractivity contribution < 1.29 is 33.2 Å². The van der Waals surface area contributed by atoms with E-state index in [2.05, 4.69) is 69.8 Å². The largest absolute Gasteiger partial charge is 0.467 e. The molecule has 3 aromatic carbocycles. The Labute approximate surface area is 300 Å². The number of carbonyl (C=O) groups is 1. The number of ether oxygens (including phenoxy) is 6. The number of benzene rings is 3. The van der Waals surface area contributed by atoms with Crippen molar-refractivity contribution in [3.63, 3.8) is 0 Å². The Morgan fingerprint density at radius 2 is 1.48 bits per heavy atom. The smallest absolute Gasteiger partial charge is 0.337 e. The zero-order valence-electron chi connectivity index (χ0n) is 30.6. The summed E-state index contributed by atoms with van der Waals surface area (Å²) in [5.74, 6) is -0.473. The molecule has 0 amide bonds. The third-order valence-corrected chi connectivity index (χ3v) is 9.23. The van der Waals surface area contributed by atoms with Crippen LogP contribution in [-0.2, 0) is 52.7 Å². The monoisotopic (exact) mass is 686 g/mol. The zero-order valence-corrected chi connectivity index (χ0v) is 30.6. The summed E-state index contributed by atoms with van der Waals surface area (Å²) >= 11 is 0. The van der Waals surface area contributed by atoms with Crippen LogP contribution in [0.4, 0.5) is 0 Å². The Morgan fingerprint density at radius 3 is 2.16 bits per heavy atom. The van der Waals surface area contributed by atoms with Gasteiger partial charge in [-0.2, -0.15) is 0 Å². The highest BCUT2D eigenvalue weighted by Gasteiger charge is 2.51. The van der Waals surface area contributed by atoms with Gasteiger partial charge in [-0.15, -0.1) is 6.58 Å². The molecule has 1 saturated heterocycles. The minimum atomic E-state index is -0.962. The standard InChI is InChI=1S/C43H58O7/c1-6-9-27-47-40-39(49-31-35-17-12-11-13-18-35)38(50-42(43(44)45-5)41(40)48-28-10-7-2)36-24-19-32(4)37(30-36)29-34-22-20-33(21-23-34)16-14-15-26-46-25-8-3/h8,11-13,17-24,30,38-42H,3,6-7,9-10,14-16,25-29,31H2,1-2,4-5H3/t38-,39-,40+,41-,42-/m0/s1. The number of hydrogen-bond donors (Lipinski definition) is 0. The van der Waals surface area contributed by atoms with Crippen LogP contribution in [0, 0.1) is 6.92 Å². The molecule has 0 radical (unpaired) electrons. The van der Waals surface area contributed by atoms with E-state index in [0.717, 1.165) is 69.1 Å². The lowest BCUT2D eigenvalue weighted by atomic mass is 9.88. The topological polar surface area (TPSA) is 72.5 Å². The fraction of sp³-hybridized carbons (Fsp3) is 0.512. The van der Waals surface area contributed by atoms with E-state index in [1.54, 1.807) is 6.08 Å². The fourth-order valence-electron chi connectivity index (χ4n) is 6.27. The Morgan fingerprint density at radius 1 is 0.780 bits per heavy atom. The van der Waals surface area contributed by atoms with Gasteiger partial charge in [0.05, 0.1) is 20.3 Å².